The van der Waals surface area contributed by atoms with Crippen LogP contribution in [0.2, 0.25) is 0 Å². The van der Waals surface area contributed by atoms with Crippen LogP contribution in [0.5, 0.6) is 0 Å². The van der Waals surface area contributed by atoms with E-state index in [2.05, 4.69) is 54.5 Å². The topological polar surface area (TPSA) is 140 Å². The molecule has 5 fully saturated rings. The molecule has 0 amide bonds. The number of aliphatic hydroxyl groups excluding tert-OH is 5. The first-order valence-electron chi connectivity index (χ1n) is 17.3. The molecule has 1 heterocycles. The second kappa shape index (κ2) is 11.8. The maximum Gasteiger partial charge on any atom is 0.186 e. The Labute approximate surface area is 265 Å². The molecule has 6 N–H and O–H groups in total. The molecule has 8 nitrogen and oxygen atoms in total. The van der Waals surface area contributed by atoms with Crippen LogP contribution in [-0.4, -0.2) is 85.8 Å². The lowest BCUT2D eigenvalue weighted by atomic mass is 9.35. The Bertz CT molecular complexity index is 1070. The van der Waals surface area contributed by atoms with Crippen LogP contribution in [0, 0.1) is 45.3 Å². The predicted octanol–water partition coefficient (Wildman–Crippen LogP) is 4.32. The minimum atomic E-state index is -1.46. The highest BCUT2D eigenvalue weighted by Crippen LogP contribution is 2.76. The number of aliphatic hydroxyl groups is 6. The number of ether oxygens (including phenoxy) is 2. The van der Waals surface area contributed by atoms with Gasteiger partial charge in [0, 0.05) is 0 Å². The Morgan fingerprint density at radius 2 is 1.55 bits per heavy atom. The number of hydrogen-bond donors (Lipinski definition) is 6. The fraction of sp³-hybridized carbons (Fsp3) is 0.944. The van der Waals surface area contributed by atoms with E-state index in [-0.39, 0.29) is 39.6 Å². The normalized spacial score (nSPS) is 51.5. The highest BCUT2D eigenvalue weighted by Gasteiger charge is 2.71. The van der Waals surface area contributed by atoms with Gasteiger partial charge in [-0.1, -0.05) is 46.3 Å². The summed E-state index contributed by atoms with van der Waals surface area (Å²) in [5, 5.41) is 64.8. The zero-order valence-electron chi connectivity index (χ0n) is 28.5. The van der Waals surface area contributed by atoms with Gasteiger partial charge in [-0.3, -0.25) is 0 Å². The Hall–Kier alpha value is -0.580. The molecule has 0 aromatic carbocycles. The van der Waals surface area contributed by atoms with Crippen molar-refractivity contribution in [3.8, 4) is 0 Å². The lowest BCUT2D eigenvalue weighted by Crippen LogP contribution is -2.67. The minimum Gasteiger partial charge on any atom is -0.394 e. The molecular weight excluding hydrogens is 560 g/mol. The summed E-state index contributed by atoms with van der Waals surface area (Å²) in [4.78, 5) is 0. The van der Waals surface area contributed by atoms with E-state index in [4.69, 9.17) is 9.47 Å². The average Bonchev–Trinajstić information content (AvgIpc) is 3.32. The monoisotopic (exact) mass is 622 g/mol. The van der Waals surface area contributed by atoms with Gasteiger partial charge in [-0.25, -0.2) is 0 Å². The van der Waals surface area contributed by atoms with E-state index in [1.54, 1.807) is 0 Å². The Balaban J connectivity index is 1.37. The van der Waals surface area contributed by atoms with Crippen molar-refractivity contribution >= 4 is 0 Å². The fourth-order valence-electron chi connectivity index (χ4n) is 11.9. The molecule has 1 aliphatic heterocycles. The van der Waals surface area contributed by atoms with E-state index >= 15 is 0 Å². The first-order valence-corrected chi connectivity index (χ1v) is 17.3. The zero-order chi connectivity index (χ0) is 32.6. The molecular formula is C36H62O8. The highest BCUT2D eigenvalue weighted by atomic mass is 16.7. The van der Waals surface area contributed by atoms with Gasteiger partial charge < -0.3 is 40.1 Å². The Kier molecular flexibility index (Phi) is 9.35. The van der Waals surface area contributed by atoms with Crippen molar-refractivity contribution in [2.45, 2.75) is 162 Å². The first kappa shape index (κ1) is 34.7. The van der Waals surface area contributed by atoms with E-state index in [0.717, 1.165) is 51.4 Å². The van der Waals surface area contributed by atoms with Crippen LogP contribution in [-0.2, 0) is 9.47 Å². The van der Waals surface area contributed by atoms with Crippen molar-refractivity contribution in [1.82, 2.24) is 0 Å². The van der Waals surface area contributed by atoms with Crippen molar-refractivity contribution in [2.24, 2.45) is 45.3 Å². The summed E-state index contributed by atoms with van der Waals surface area (Å²) in [6.45, 7) is 17.5. The van der Waals surface area contributed by atoms with Crippen molar-refractivity contribution in [3.63, 3.8) is 0 Å². The van der Waals surface area contributed by atoms with Gasteiger partial charge in [0.2, 0.25) is 0 Å². The summed E-state index contributed by atoms with van der Waals surface area (Å²) in [5.74, 6) is 0.792. The largest absolute Gasteiger partial charge is 0.394 e. The summed E-state index contributed by atoms with van der Waals surface area (Å²) >= 11 is 0. The molecule has 254 valence electrons. The molecule has 4 saturated carbocycles. The lowest BCUT2D eigenvalue weighted by molar-refractivity contribution is -0.332. The lowest BCUT2D eigenvalue weighted by Gasteiger charge is -2.70. The molecule has 44 heavy (non-hydrogen) atoms. The third-order valence-corrected chi connectivity index (χ3v) is 14.5. The van der Waals surface area contributed by atoms with Crippen LogP contribution >= 0.6 is 0 Å². The highest BCUT2D eigenvalue weighted by molar-refractivity contribution is 5.20. The minimum absolute atomic E-state index is 0.0231. The van der Waals surface area contributed by atoms with Crippen molar-refractivity contribution < 1.29 is 40.1 Å². The maximum atomic E-state index is 12.0. The molecule has 0 radical (unpaired) electrons. The quantitative estimate of drug-likeness (QED) is 0.182. The van der Waals surface area contributed by atoms with E-state index in [9.17, 15) is 30.6 Å². The molecule has 0 unspecified atom stereocenters. The molecule has 5 aliphatic rings. The van der Waals surface area contributed by atoms with Crippen molar-refractivity contribution in [1.29, 1.82) is 0 Å². The van der Waals surface area contributed by atoms with Crippen LogP contribution in [0.3, 0.4) is 0 Å². The molecule has 0 aromatic heterocycles. The van der Waals surface area contributed by atoms with Crippen molar-refractivity contribution in [2.75, 3.05) is 6.61 Å². The number of allylic oxidation sites excluding steroid dienone is 2. The molecule has 5 rings (SSSR count). The van der Waals surface area contributed by atoms with Crippen LogP contribution in [0.25, 0.3) is 0 Å². The third-order valence-electron chi connectivity index (χ3n) is 14.5. The van der Waals surface area contributed by atoms with Gasteiger partial charge in [0.1, 0.15) is 24.4 Å². The van der Waals surface area contributed by atoms with Crippen molar-refractivity contribution in [3.05, 3.63) is 11.6 Å². The summed E-state index contributed by atoms with van der Waals surface area (Å²) in [6, 6.07) is 0. The summed E-state index contributed by atoms with van der Waals surface area (Å²) < 4.78 is 12.2. The molecule has 0 aromatic rings. The number of fused-ring (bicyclic) bond motifs is 5. The van der Waals surface area contributed by atoms with E-state index in [1.807, 2.05) is 6.92 Å². The number of rotatable bonds is 7. The standard InChI is InChI=1S/C36H62O8/c1-20(2)10-9-14-36(8,42)21-11-16-35(7)27(21)22(38)18-25-33(5)15-13-26(32(3,4)24(33)12-17-34(25,35)6)44-31-30(41)29(40)28(39)23(19-37)43-31/h10,21-31,37-42H,9,11-19H2,1-8H3/t21-,22+,23+,24-,25+,26-,27-,28+,29-,30+,31-,33-,34+,35+,36-/m1/s1. The molecule has 4 aliphatic carbocycles. The molecule has 0 bridgehead atoms. The molecule has 1 saturated heterocycles. The summed E-state index contributed by atoms with van der Waals surface area (Å²) in [6.07, 6.45) is 3.15. The molecule has 15 atom stereocenters. The maximum absolute atomic E-state index is 12.0. The number of hydrogen-bond acceptors (Lipinski definition) is 8. The van der Waals surface area contributed by atoms with Crippen LogP contribution in [0.15, 0.2) is 11.6 Å². The first-order chi connectivity index (χ1) is 20.3. The van der Waals surface area contributed by atoms with Gasteiger partial charge in [0.15, 0.2) is 6.29 Å². The van der Waals surface area contributed by atoms with E-state index in [1.165, 1.54) is 5.57 Å². The van der Waals surface area contributed by atoms with Gasteiger partial charge in [0.25, 0.3) is 0 Å². The van der Waals surface area contributed by atoms with Crippen LogP contribution in [0.4, 0.5) is 0 Å². The van der Waals surface area contributed by atoms with Crippen LogP contribution in [0.1, 0.15) is 113 Å². The second-order valence-electron chi connectivity index (χ2n) is 17.3. The Morgan fingerprint density at radius 3 is 2.18 bits per heavy atom. The predicted molar refractivity (Wildman–Crippen MR) is 168 cm³/mol. The van der Waals surface area contributed by atoms with Gasteiger partial charge in [-0.2, -0.15) is 0 Å². The van der Waals surface area contributed by atoms with Gasteiger partial charge in [0.05, 0.1) is 24.4 Å². The SMILES string of the molecule is CC(C)=CCC[C@@](C)(O)[C@@H]1CC[C@@]2(C)[C@H]1[C@@H](O)C[C@H]1[C@]3(C)CC[C@@H](O[C@H]4O[C@@H](CO)[C@H](O)[C@@H](O)[C@@H]4O)C(C)(C)[C@H]3CC[C@@]12C. The summed E-state index contributed by atoms with van der Waals surface area (Å²) in [5.41, 5.74) is 0.122. The van der Waals surface area contributed by atoms with Gasteiger partial charge in [-0.05, 0) is 124 Å². The molecule has 0 spiro atoms. The fourth-order valence-corrected chi connectivity index (χ4v) is 11.9. The average molecular weight is 623 g/mol. The van der Waals surface area contributed by atoms with Crippen LogP contribution < -0.4 is 0 Å². The second-order valence-corrected chi connectivity index (χ2v) is 17.3. The molecule has 8 heteroatoms. The van der Waals surface area contributed by atoms with Gasteiger partial charge in [-0.15, -0.1) is 0 Å². The smallest absolute Gasteiger partial charge is 0.186 e. The zero-order valence-corrected chi connectivity index (χ0v) is 28.5. The van der Waals surface area contributed by atoms with E-state index < -0.39 is 49.0 Å². The summed E-state index contributed by atoms with van der Waals surface area (Å²) in [7, 11) is 0. The third kappa shape index (κ3) is 5.26. The Morgan fingerprint density at radius 1 is 0.886 bits per heavy atom. The van der Waals surface area contributed by atoms with E-state index in [0.29, 0.717) is 18.3 Å². The van der Waals surface area contributed by atoms with Gasteiger partial charge >= 0.3 is 0 Å².